The molecule has 1 heterocycles. The second kappa shape index (κ2) is 9.34. The van der Waals surface area contributed by atoms with Crippen LogP contribution in [-0.4, -0.2) is 30.7 Å². The number of carbonyl (C=O) groups excluding carboxylic acids is 3. The molecule has 1 aliphatic heterocycles. The van der Waals surface area contributed by atoms with E-state index in [2.05, 4.69) is 5.32 Å². The molecule has 4 rings (SSSR count). The highest BCUT2D eigenvalue weighted by atomic mass is 16.5. The molecule has 32 heavy (non-hydrogen) atoms. The molecular weight excluding hydrogens is 408 g/mol. The van der Waals surface area contributed by atoms with Gasteiger partial charge in [0.15, 0.2) is 12.4 Å². The second-order valence-corrected chi connectivity index (χ2v) is 7.22. The van der Waals surface area contributed by atoms with Crippen LogP contribution in [0.15, 0.2) is 72.8 Å². The topological polar surface area (TPSA) is 84.9 Å². The maximum atomic E-state index is 12.6. The number of nitrogens with zero attached hydrogens (tertiary/aromatic N) is 1. The van der Waals surface area contributed by atoms with E-state index in [1.807, 2.05) is 30.3 Å². The lowest BCUT2D eigenvalue weighted by atomic mass is 10.1. The van der Waals surface area contributed by atoms with Crippen LogP contribution in [0, 0.1) is 0 Å². The first-order valence-electron chi connectivity index (χ1n) is 10.3. The lowest BCUT2D eigenvalue weighted by Crippen LogP contribution is -2.43. The van der Waals surface area contributed by atoms with E-state index in [-0.39, 0.29) is 30.7 Å². The largest absolute Gasteiger partial charge is 0.482 e. The third-order valence-electron chi connectivity index (χ3n) is 4.96. The van der Waals surface area contributed by atoms with Gasteiger partial charge in [-0.3, -0.25) is 19.3 Å². The number of amides is 2. The van der Waals surface area contributed by atoms with E-state index >= 15 is 0 Å². The highest BCUT2D eigenvalue weighted by Crippen LogP contribution is 2.33. The Morgan fingerprint density at radius 3 is 2.44 bits per heavy atom. The molecule has 1 N–H and O–H groups in total. The number of rotatable bonds is 7. The molecule has 162 valence electrons. The summed E-state index contributed by atoms with van der Waals surface area (Å²) in [5, 5.41) is 2.78. The van der Waals surface area contributed by atoms with Crippen LogP contribution in [-0.2, 0) is 9.59 Å². The summed E-state index contributed by atoms with van der Waals surface area (Å²) in [6, 6.07) is 21.3. The smallest absolute Gasteiger partial charge is 0.265 e. The average Bonchev–Trinajstić information content (AvgIpc) is 2.82. The zero-order valence-electron chi connectivity index (χ0n) is 17.5. The number of Topliss-reactive ketones (excluding diaryl/α,β-unsaturated/α-hetero) is 1. The Bertz CT molecular complexity index is 1140. The summed E-state index contributed by atoms with van der Waals surface area (Å²) in [7, 11) is 0. The van der Waals surface area contributed by atoms with E-state index in [9.17, 15) is 14.4 Å². The Morgan fingerprint density at radius 2 is 1.72 bits per heavy atom. The Hall–Kier alpha value is -4.13. The van der Waals surface area contributed by atoms with Gasteiger partial charge in [0.05, 0.1) is 5.69 Å². The van der Waals surface area contributed by atoms with E-state index in [4.69, 9.17) is 9.47 Å². The lowest BCUT2D eigenvalue weighted by Gasteiger charge is -2.29. The van der Waals surface area contributed by atoms with E-state index in [0.717, 1.165) is 5.75 Å². The minimum atomic E-state index is -0.366. The van der Waals surface area contributed by atoms with Gasteiger partial charge in [-0.25, -0.2) is 0 Å². The van der Waals surface area contributed by atoms with Gasteiger partial charge < -0.3 is 14.8 Å². The van der Waals surface area contributed by atoms with Gasteiger partial charge in [0.2, 0.25) is 5.91 Å². The van der Waals surface area contributed by atoms with Crippen molar-refractivity contribution >= 4 is 29.0 Å². The van der Waals surface area contributed by atoms with Crippen molar-refractivity contribution in [1.82, 2.24) is 0 Å². The number of anilines is 2. The Kier molecular flexibility index (Phi) is 6.17. The second-order valence-electron chi connectivity index (χ2n) is 7.22. The van der Waals surface area contributed by atoms with Crippen molar-refractivity contribution in [2.24, 2.45) is 0 Å². The van der Waals surface area contributed by atoms with Gasteiger partial charge in [-0.1, -0.05) is 25.1 Å². The maximum absolute atomic E-state index is 12.6. The minimum Gasteiger partial charge on any atom is -0.482 e. The number of ether oxygens (including phenoxy) is 2. The molecule has 2 amide bonds. The molecule has 7 nitrogen and oxygen atoms in total. The van der Waals surface area contributed by atoms with Gasteiger partial charge in [0.25, 0.3) is 5.91 Å². The summed E-state index contributed by atoms with van der Waals surface area (Å²) in [5.41, 5.74) is 1.47. The van der Waals surface area contributed by atoms with Gasteiger partial charge in [-0.05, 0) is 54.6 Å². The van der Waals surface area contributed by atoms with E-state index < -0.39 is 0 Å². The zero-order valence-corrected chi connectivity index (χ0v) is 17.5. The molecule has 0 fully saturated rings. The predicted octanol–water partition coefficient (Wildman–Crippen LogP) is 4.44. The number of para-hydroxylation sites is 1. The molecule has 0 atom stereocenters. The van der Waals surface area contributed by atoms with E-state index in [0.29, 0.717) is 34.9 Å². The molecule has 0 aliphatic carbocycles. The SMILES string of the molecule is CCC(=O)c1ccc2c(c1)N(CC(=O)Nc1ccc(Oc3ccccc3)cc1)C(=O)CO2. The number of nitrogens with one attached hydrogen (secondary N) is 1. The summed E-state index contributed by atoms with van der Waals surface area (Å²) in [5.74, 6) is 1.06. The Morgan fingerprint density at radius 1 is 1.00 bits per heavy atom. The van der Waals surface area contributed by atoms with Crippen LogP contribution < -0.4 is 19.7 Å². The molecule has 7 heteroatoms. The van der Waals surface area contributed by atoms with Gasteiger partial charge in [0.1, 0.15) is 23.8 Å². The molecule has 0 aromatic heterocycles. The Labute approximate surface area is 185 Å². The number of fused-ring (bicyclic) bond motifs is 1. The molecule has 1 aliphatic rings. The quantitative estimate of drug-likeness (QED) is 0.561. The van der Waals surface area contributed by atoms with Crippen molar-refractivity contribution in [3.05, 3.63) is 78.4 Å². The van der Waals surface area contributed by atoms with Crippen LogP contribution in [0.5, 0.6) is 17.2 Å². The van der Waals surface area contributed by atoms with Crippen LogP contribution in [0.3, 0.4) is 0 Å². The lowest BCUT2D eigenvalue weighted by molar-refractivity contribution is -0.123. The average molecular weight is 430 g/mol. The number of hydrogen-bond acceptors (Lipinski definition) is 5. The van der Waals surface area contributed by atoms with E-state index in [1.165, 1.54) is 4.90 Å². The fourth-order valence-electron chi connectivity index (χ4n) is 3.33. The number of hydrogen-bond donors (Lipinski definition) is 1. The van der Waals surface area contributed by atoms with Gasteiger partial charge >= 0.3 is 0 Å². The number of ketones is 1. The summed E-state index contributed by atoms with van der Waals surface area (Å²) in [4.78, 5) is 38.5. The molecule has 0 spiro atoms. The zero-order chi connectivity index (χ0) is 22.5. The molecule has 0 saturated carbocycles. The summed E-state index contributed by atoms with van der Waals surface area (Å²) in [6.45, 7) is 1.42. The van der Waals surface area contributed by atoms with Gasteiger partial charge in [-0.15, -0.1) is 0 Å². The first kappa shape index (κ1) is 21.1. The monoisotopic (exact) mass is 430 g/mol. The fourth-order valence-corrected chi connectivity index (χ4v) is 3.33. The van der Waals surface area contributed by atoms with Crippen LogP contribution in [0.4, 0.5) is 11.4 Å². The van der Waals surface area contributed by atoms with Crippen molar-refractivity contribution in [2.75, 3.05) is 23.4 Å². The third-order valence-corrected chi connectivity index (χ3v) is 4.96. The van der Waals surface area contributed by atoms with Crippen LogP contribution in [0.1, 0.15) is 23.7 Å². The predicted molar refractivity (Wildman–Crippen MR) is 120 cm³/mol. The summed E-state index contributed by atoms with van der Waals surface area (Å²) < 4.78 is 11.2. The van der Waals surface area contributed by atoms with Crippen LogP contribution in [0.2, 0.25) is 0 Å². The van der Waals surface area contributed by atoms with Crippen LogP contribution in [0.25, 0.3) is 0 Å². The van der Waals surface area contributed by atoms with Crippen molar-refractivity contribution in [2.45, 2.75) is 13.3 Å². The van der Waals surface area contributed by atoms with Gasteiger partial charge in [-0.2, -0.15) is 0 Å². The Balaban J connectivity index is 1.44. The molecule has 0 bridgehead atoms. The molecule has 0 saturated heterocycles. The fraction of sp³-hybridized carbons (Fsp3) is 0.160. The molecule has 3 aromatic rings. The first-order valence-corrected chi connectivity index (χ1v) is 10.3. The molecule has 0 unspecified atom stereocenters. The number of benzene rings is 3. The summed E-state index contributed by atoms with van der Waals surface area (Å²) in [6.07, 6.45) is 0.345. The molecule has 0 radical (unpaired) electrons. The third kappa shape index (κ3) is 4.78. The van der Waals surface area contributed by atoms with Crippen molar-refractivity contribution < 1.29 is 23.9 Å². The molecular formula is C25H22N2O5. The minimum absolute atomic E-state index is 0.0481. The maximum Gasteiger partial charge on any atom is 0.265 e. The number of carbonyl (C=O) groups is 3. The summed E-state index contributed by atoms with van der Waals surface area (Å²) >= 11 is 0. The normalized spacial score (nSPS) is 12.5. The highest BCUT2D eigenvalue weighted by Gasteiger charge is 2.28. The van der Waals surface area contributed by atoms with Crippen LogP contribution >= 0.6 is 0 Å². The van der Waals surface area contributed by atoms with Crippen molar-refractivity contribution in [1.29, 1.82) is 0 Å². The molecule has 3 aromatic carbocycles. The highest BCUT2D eigenvalue weighted by molar-refractivity contribution is 6.06. The van der Waals surface area contributed by atoms with E-state index in [1.54, 1.807) is 49.4 Å². The first-order chi connectivity index (χ1) is 15.5. The van der Waals surface area contributed by atoms with Crippen molar-refractivity contribution in [3.63, 3.8) is 0 Å². The van der Waals surface area contributed by atoms with Crippen molar-refractivity contribution in [3.8, 4) is 17.2 Å². The van der Waals surface area contributed by atoms with Gasteiger partial charge in [0, 0.05) is 17.7 Å². The standard InChI is InChI=1S/C25H22N2O5/c1-2-22(28)17-8-13-23-21(14-17)27(25(30)16-31-23)15-24(29)26-18-9-11-20(12-10-18)32-19-6-4-3-5-7-19/h3-14H,2,15-16H2,1H3,(H,26,29).